The van der Waals surface area contributed by atoms with Crippen LogP contribution in [-0.4, -0.2) is 58.8 Å². The van der Waals surface area contributed by atoms with Crippen molar-refractivity contribution in [3.05, 3.63) is 0 Å². The number of morpholine rings is 1. The van der Waals surface area contributed by atoms with E-state index in [1.54, 1.807) is 4.90 Å². The van der Waals surface area contributed by atoms with Crippen LogP contribution in [0, 0.1) is 0 Å². The van der Waals surface area contributed by atoms with E-state index in [2.05, 4.69) is 5.32 Å². The monoisotopic (exact) mass is 256 g/mol. The van der Waals surface area contributed by atoms with Crippen LogP contribution in [0.15, 0.2) is 0 Å². The summed E-state index contributed by atoms with van der Waals surface area (Å²) < 4.78 is 5.04. The lowest BCUT2D eigenvalue weighted by Crippen LogP contribution is -2.59. The molecular formula is C12H20N2O4. The number of aliphatic hydroxyl groups is 1. The molecule has 2 aliphatic heterocycles. The summed E-state index contributed by atoms with van der Waals surface area (Å²) in [5, 5.41) is 12.5. The van der Waals surface area contributed by atoms with Crippen LogP contribution >= 0.6 is 0 Å². The Morgan fingerprint density at radius 2 is 2.17 bits per heavy atom. The van der Waals surface area contributed by atoms with Gasteiger partial charge in [-0.3, -0.25) is 14.5 Å². The van der Waals surface area contributed by atoms with Gasteiger partial charge in [-0.15, -0.1) is 0 Å². The molecule has 6 nitrogen and oxygen atoms in total. The fraction of sp³-hybridized carbons (Fsp3) is 0.833. The molecular weight excluding hydrogens is 236 g/mol. The largest absolute Gasteiger partial charge is 0.462 e. The minimum absolute atomic E-state index is 0.0595. The molecule has 6 heteroatoms. The van der Waals surface area contributed by atoms with Crippen LogP contribution in [-0.2, 0) is 14.3 Å². The number of ether oxygens (including phenoxy) is 1. The van der Waals surface area contributed by atoms with Gasteiger partial charge in [0.25, 0.3) is 0 Å². The standard InChI is InChI=1S/C12H20N2O4/c1-12(2,3)13-10(16)9-6-18-11(17)8-4-7(15)5-14(8)9/h7-9,15H,4-6H2,1-3H3,(H,13,16)/t7-,8+,9?/m1/s1. The first-order valence-electron chi connectivity index (χ1n) is 6.20. The highest BCUT2D eigenvalue weighted by Gasteiger charge is 2.47. The first-order chi connectivity index (χ1) is 8.28. The zero-order valence-corrected chi connectivity index (χ0v) is 11.0. The third-order valence-electron chi connectivity index (χ3n) is 3.17. The zero-order valence-electron chi connectivity index (χ0n) is 11.0. The van der Waals surface area contributed by atoms with Crippen LogP contribution in [0.25, 0.3) is 0 Å². The van der Waals surface area contributed by atoms with Gasteiger partial charge >= 0.3 is 5.97 Å². The highest BCUT2D eigenvalue weighted by atomic mass is 16.5. The molecule has 0 spiro atoms. The normalized spacial score (nSPS) is 32.9. The molecule has 0 radical (unpaired) electrons. The van der Waals surface area contributed by atoms with Crippen LogP contribution < -0.4 is 5.32 Å². The molecule has 0 aromatic heterocycles. The predicted octanol–water partition coefficient (Wildman–Crippen LogP) is -0.738. The number of carbonyl (C=O) groups is 2. The van der Waals surface area contributed by atoms with E-state index in [-0.39, 0.29) is 24.0 Å². The van der Waals surface area contributed by atoms with Gasteiger partial charge in [0.1, 0.15) is 18.7 Å². The maximum atomic E-state index is 12.1. The lowest BCUT2D eigenvalue weighted by Gasteiger charge is -2.36. The molecule has 0 saturated carbocycles. The summed E-state index contributed by atoms with van der Waals surface area (Å²) in [6.07, 6.45) is -0.219. The number of nitrogens with one attached hydrogen (secondary N) is 1. The minimum Gasteiger partial charge on any atom is -0.462 e. The molecule has 18 heavy (non-hydrogen) atoms. The van der Waals surface area contributed by atoms with E-state index in [0.29, 0.717) is 13.0 Å². The van der Waals surface area contributed by atoms with Crippen molar-refractivity contribution in [2.45, 2.75) is 50.9 Å². The van der Waals surface area contributed by atoms with Crippen molar-refractivity contribution in [1.82, 2.24) is 10.2 Å². The van der Waals surface area contributed by atoms with Crippen molar-refractivity contribution >= 4 is 11.9 Å². The SMILES string of the molecule is CC(C)(C)NC(=O)C1COC(=O)[C@@H]2C[C@@H](O)CN12. The molecule has 102 valence electrons. The maximum absolute atomic E-state index is 12.1. The molecule has 2 rings (SSSR count). The number of fused-ring (bicyclic) bond motifs is 1. The van der Waals surface area contributed by atoms with Crippen molar-refractivity contribution in [3.63, 3.8) is 0 Å². The van der Waals surface area contributed by atoms with Crippen molar-refractivity contribution in [2.24, 2.45) is 0 Å². The van der Waals surface area contributed by atoms with Crippen molar-refractivity contribution in [2.75, 3.05) is 13.2 Å². The summed E-state index contributed by atoms with van der Waals surface area (Å²) in [7, 11) is 0. The Morgan fingerprint density at radius 1 is 1.50 bits per heavy atom. The molecule has 2 saturated heterocycles. The number of cyclic esters (lactones) is 1. The highest BCUT2D eigenvalue weighted by Crippen LogP contribution is 2.26. The number of amides is 1. The topological polar surface area (TPSA) is 78.9 Å². The Hall–Kier alpha value is -1.14. The van der Waals surface area contributed by atoms with Gasteiger partial charge < -0.3 is 15.2 Å². The Kier molecular flexibility index (Phi) is 3.33. The van der Waals surface area contributed by atoms with E-state index in [0.717, 1.165) is 0 Å². The number of esters is 1. The van der Waals surface area contributed by atoms with Gasteiger partial charge in [-0.25, -0.2) is 0 Å². The van der Waals surface area contributed by atoms with Gasteiger partial charge in [0.05, 0.1) is 6.10 Å². The van der Waals surface area contributed by atoms with Gasteiger partial charge in [-0.2, -0.15) is 0 Å². The Labute approximate surface area is 106 Å². The number of nitrogens with zero attached hydrogens (tertiary/aromatic N) is 1. The molecule has 2 aliphatic rings. The summed E-state index contributed by atoms with van der Waals surface area (Å²) in [6.45, 7) is 6.11. The zero-order chi connectivity index (χ0) is 13.5. The summed E-state index contributed by atoms with van der Waals surface area (Å²) in [5.74, 6) is -0.500. The van der Waals surface area contributed by atoms with Gasteiger partial charge in [0.2, 0.25) is 5.91 Å². The van der Waals surface area contributed by atoms with Crippen LogP contribution in [0.2, 0.25) is 0 Å². The molecule has 2 heterocycles. The summed E-state index contributed by atoms with van der Waals surface area (Å²) in [4.78, 5) is 25.5. The second-order valence-corrected chi connectivity index (χ2v) is 5.99. The van der Waals surface area contributed by atoms with E-state index < -0.39 is 18.2 Å². The number of carbonyl (C=O) groups excluding carboxylic acids is 2. The Bertz CT molecular complexity index is 364. The molecule has 1 amide bonds. The summed E-state index contributed by atoms with van der Waals surface area (Å²) >= 11 is 0. The quantitative estimate of drug-likeness (QED) is 0.604. The van der Waals surface area contributed by atoms with E-state index >= 15 is 0 Å². The minimum atomic E-state index is -0.564. The van der Waals surface area contributed by atoms with Crippen molar-refractivity contribution in [3.8, 4) is 0 Å². The van der Waals surface area contributed by atoms with Gasteiger partial charge in [0.15, 0.2) is 0 Å². The van der Waals surface area contributed by atoms with Crippen molar-refractivity contribution in [1.29, 1.82) is 0 Å². The lowest BCUT2D eigenvalue weighted by atomic mass is 10.1. The first-order valence-corrected chi connectivity index (χ1v) is 6.20. The average Bonchev–Trinajstić information content (AvgIpc) is 2.58. The molecule has 0 aliphatic carbocycles. The van der Waals surface area contributed by atoms with E-state index in [9.17, 15) is 14.7 Å². The van der Waals surface area contributed by atoms with E-state index in [1.807, 2.05) is 20.8 Å². The van der Waals surface area contributed by atoms with Gasteiger partial charge in [0, 0.05) is 18.5 Å². The second kappa shape index (κ2) is 4.51. The molecule has 0 aromatic rings. The second-order valence-electron chi connectivity index (χ2n) is 5.99. The van der Waals surface area contributed by atoms with Crippen LogP contribution in [0.3, 0.4) is 0 Å². The fourth-order valence-corrected chi connectivity index (χ4v) is 2.45. The van der Waals surface area contributed by atoms with E-state index in [1.165, 1.54) is 0 Å². The molecule has 2 N–H and O–H groups in total. The van der Waals surface area contributed by atoms with Crippen LogP contribution in [0.5, 0.6) is 0 Å². The lowest BCUT2D eigenvalue weighted by molar-refractivity contribution is -0.162. The number of hydrogen-bond acceptors (Lipinski definition) is 5. The van der Waals surface area contributed by atoms with Crippen LogP contribution in [0.1, 0.15) is 27.2 Å². The third-order valence-corrected chi connectivity index (χ3v) is 3.17. The number of rotatable bonds is 1. The molecule has 0 bridgehead atoms. The number of hydrogen-bond donors (Lipinski definition) is 2. The Morgan fingerprint density at radius 3 is 2.78 bits per heavy atom. The number of aliphatic hydroxyl groups excluding tert-OH is 1. The smallest absolute Gasteiger partial charge is 0.323 e. The summed E-state index contributed by atoms with van der Waals surface area (Å²) in [6, 6.07) is -0.978. The third kappa shape index (κ3) is 2.64. The summed E-state index contributed by atoms with van der Waals surface area (Å²) in [5.41, 5.74) is -0.327. The average molecular weight is 256 g/mol. The Balaban J connectivity index is 2.09. The molecule has 3 atom stereocenters. The van der Waals surface area contributed by atoms with Gasteiger partial charge in [-0.1, -0.05) is 0 Å². The highest BCUT2D eigenvalue weighted by molar-refractivity contribution is 5.86. The first kappa shape index (κ1) is 13.3. The van der Waals surface area contributed by atoms with Gasteiger partial charge in [-0.05, 0) is 20.8 Å². The molecule has 0 aromatic carbocycles. The molecule has 1 unspecified atom stereocenters. The molecule has 2 fully saturated rings. The predicted molar refractivity (Wildman–Crippen MR) is 63.8 cm³/mol. The van der Waals surface area contributed by atoms with Crippen molar-refractivity contribution < 1.29 is 19.4 Å². The van der Waals surface area contributed by atoms with E-state index in [4.69, 9.17) is 4.74 Å². The fourth-order valence-electron chi connectivity index (χ4n) is 2.45. The van der Waals surface area contributed by atoms with Crippen LogP contribution in [0.4, 0.5) is 0 Å². The maximum Gasteiger partial charge on any atom is 0.323 e.